The van der Waals surface area contributed by atoms with Gasteiger partial charge in [0.05, 0.1) is 20.8 Å². The summed E-state index contributed by atoms with van der Waals surface area (Å²) in [6, 6.07) is 16.1. The molecule has 0 N–H and O–H groups in total. The zero-order chi connectivity index (χ0) is 25.6. The van der Waals surface area contributed by atoms with Crippen LogP contribution in [-0.4, -0.2) is 84.2 Å². The maximum absolute atomic E-state index is 13.2. The predicted octanol–water partition coefficient (Wildman–Crippen LogP) is 3.31. The number of hydrogen-bond donors (Lipinski definition) is 0. The van der Waals surface area contributed by atoms with E-state index in [2.05, 4.69) is 49.1 Å². The van der Waals surface area contributed by atoms with Gasteiger partial charge in [-0.15, -0.1) is 0 Å². The van der Waals surface area contributed by atoms with Gasteiger partial charge in [0.2, 0.25) is 17.6 Å². The number of carbonyl (C=O) groups excluding carboxylic acids is 1. The molecule has 0 atom stereocenters. The fraction of sp³-hybridized carbons (Fsp3) is 0.464. The van der Waals surface area contributed by atoms with Gasteiger partial charge < -0.3 is 18.9 Å². The molecule has 2 saturated heterocycles. The van der Waals surface area contributed by atoms with E-state index in [9.17, 15) is 4.79 Å². The van der Waals surface area contributed by atoms with Crippen LogP contribution in [0.5, 0.6) is 11.5 Å². The van der Waals surface area contributed by atoms with Crippen molar-refractivity contribution in [2.75, 3.05) is 53.5 Å². The molecule has 3 heterocycles. The fourth-order valence-electron chi connectivity index (χ4n) is 5.17. The average Bonchev–Trinajstić information content (AvgIpc) is 3.42. The summed E-state index contributed by atoms with van der Waals surface area (Å²) in [7, 11) is 3.21. The second kappa shape index (κ2) is 11.7. The van der Waals surface area contributed by atoms with E-state index in [0.29, 0.717) is 35.7 Å². The first-order chi connectivity index (χ1) is 18.1. The van der Waals surface area contributed by atoms with Crippen molar-refractivity contribution in [3.8, 4) is 22.9 Å². The third-order valence-electron chi connectivity index (χ3n) is 7.34. The first-order valence-electron chi connectivity index (χ1n) is 13.0. The number of hydrogen-bond acceptors (Lipinski definition) is 8. The van der Waals surface area contributed by atoms with E-state index in [-0.39, 0.29) is 5.92 Å². The summed E-state index contributed by atoms with van der Waals surface area (Å²) in [5, 5.41) is 4.15. The first kappa shape index (κ1) is 25.2. The number of amides is 1. The number of likely N-dealkylation sites (tertiary alicyclic amines) is 1. The first-order valence-corrected chi connectivity index (χ1v) is 13.0. The van der Waals surface area contributed by atoms with Gasteiger partial charge >= 0.3 is 0 Å². The standard InChI is InChI=1S/C28H35N5O4/c1-35-24-9-8-23(18-25(24)36-2)27-29-26(37-30-27)20-31-12-10-22(11-13-31)28(34)33-16-14-32(15-17-33)19-21-6-4-3-5-7-21/h3-9,18,22H,10-17,19-20H2,1-2H3. The van der Waals surface area contributed by atoms with Crippen molar-refractivity contribution < 1.29 is 18.8 Å². The fourth-order valence-corrected chi connectivity index (χ4v) is 5.17. The van der Waals surface area contributed by atoms with Crippen molar-refractivity contribution in [3.05, 3.63) is 60.0 Å². The van der Waals surface area contributed by atoms with Crippen LogP contribution in [0.2, 0.25) is 0 Å². The van der Waals surface area contributed by atoms with Crippen LogP contribution in [0.25, 0.3) is 11.4 Å². The van der Waals surface area contributed by atoms with E-state index in [0.717, 1.165) is 64.2 Å². The molecular formula is C28H35N5O4. The maximum atomic E-state index is 13.2. The van der Waals surface area contributed by atoms with Gasteiger partial charge in [0.1, 0.15) is 0 Å². The minimum atomic E-state index is 0.0990. The van der Waals surface area contributed by atoms with Gasteiger partial charge in [-0.1, -0.05) is 35.5 Å². The molecule has 0 aliphatic carbocycles. The van der Waals surface area contributed by atoms with Crippen LogP contribution >= 0.6 is 0 Å². The highest BCUT2D eigenvalue weighted by Gasteiger charge is 2.31. The van der Waals surface area contributed by atoms with E-state index >= 15 is 0 Å². The van der Waals surface area contributed by atoms with Crippen LogP contribution in [0.15, 0.2) is 53.1 Å². The molecule has 9 nitrogen and oxygen atoms in total. The zero-order valence-electron chi connectivity index (χ0n) is 21.6. The monoisotopic (exact) mass is 505 g/mol. The van der Waals surface area contributed by atoms with Crippen LogP contribution < -0.4 is 9.47 Å². The van der Waals surface area contributed by atoms with Gasteiger partial charge in [-0.05, 0) is 49.7 Å². The highest BCUT2D eigenvalue weighted by atomic mass is 16.5. The topological polar surface area (TPSA) is 84.2 Å². The molecule has 1 amide bonds. The molecule has 196 valence electrons. The van der Waals surface area contributed by atoms with E-state index in [1.165, 1.54) is 5.56 Å². The number of nitrogens with zero attached hydrogens (tertiary/aromatic N) is 5. The van der Waals surface area contributed by atoms with Gasteiger partial charge in [-0.2, -0.15) is 4.98 Å². The van der Waals surface area contributed by atoms with Crippen molar-refractivity contribution in [3.63, 3.8) is 0 Å². The second-order valence-corrected chi connectivity index (χ2v) is 9.72. The number of piperazine rings is 1. The molecule has 0 saturated carbocycles. The third-order valence-corrected chi connectivity index (χ3v) is 7.34. The molecule has 0 radical (unpaired) electrons. The number of piperidine rings is 1. The summed E-state index contributed by atoms with van der Waals surface area (Å²) in [5.74, 6) is 2.78. The van der Waals surface area contributed by atoms with E-state index in [1.807, 2.05) is 24.3 Å². The third kappa shape index (κ3) is 6.11. The Bertz CT molecular complexity index is 1170. The van der Waals surface area contributed by atoms with Gasteiger partial charge in [-0.25, -0.2) is 0 Å². The summed E-state index contributed by atoms with van der Waals surface area (Å²) >= 11 is 0. The molecule has 5 rings (SSSR count). The van der Waals surface area contributed by atoms with Crippen LogP contribution in [0.3, 0.4) is 0 Å². The Hall–Kier alpha value is -3.43. The Labute approximate surface area is 217 Å². The largest absolute Gasteiger partial charge is 0.493 e. The van der Waals surface area contributed by atoms with Crippen molar-refractivity contribution in [1.29, 1.82) is 0 Å². The van der Waals surface area contributed by atoms with Crippen molar-refractivity contribution in [2.45, 2.75) is 25.9 Å². The lowest BCUT2D eigenvalue weighted by Crippen LogP contribution is -2.51. The Morgan fingerprint density at radius 2 is 1.59 bits per heavy atom. The molecule has 0 unspecified atom stereocenters. The molecular weight excluding hydrogens is 470 g/mol. The van der Waals surface area contributed by atoms with Crippen LogP contribution in [-0.2, 0) is 17.9 Å². The highest BCUT2D eigenvalue weighted by Crippen LogP contribution is 2.31. The van der Waals surface area contributed by atoms with Crippen molar-refractivity contribution >= 4 is 5.91 Å². The minimum Gasteiger partial charge on any atom is -0.493 e. The van der Waals surface area contributed by atoms with Gasteiger partial charge in [0.15, 0.2) is 11.5 Å². The van der Waals surface area contributed by atoms with Gasteiger partial charge in [0, 0.05) is 44.2 Å². The van der Waals surface area contributed by atoms with E-state index in [4.69, 9.17) is 14.0 Å². The Balaban J connectivity index is 1.08. The SMILES string of the molecule is COc1ccc(-c2noc(CN3CCC(C(=O)N4CCN(Cc5ccccc5)CC4)CC3)n2)cc1OC. The van der Waals surface area contributed by atoms with Gasteiger partial charge in [-0.3, -0.25) is 14.6 Å². The number of methoxy groups -OCH3 is 2. The molecule has 1 aromatic heterocycles. The molecule has 37 heavy (non-hydrogen) atoms. The van der Waals surface area contributed by atoms with Crippen LogP contribution in [0.1, 0.15) is 24.3 Å². The summed E-state index contributed by atoms with van der Waals surface area (Å²) in [6.45, 7) is 6.71. The van der Waals surface area contributed by atoms with Crippen LogP contribution in [0.4, 0.5) is 0 Å². The minimum absolute atomic E-state index is 0.0990. The molecule has 2 fully saturated rings. The van der Waals surface area contributed by atoms with E-state index in [1.54, 1.807) is 14.2 Å². The number of rotatable bonds is 8. The molecule has 2 aliphatic rings. The van der Waals surface area contributed by atoms with Crippen LogP contribution in [0, 0.1) is 5.92 Å². The highest BCUT2D eigenvalue weighted by molar-refractivity contribution is 5.79. The molecule has 0 spiro atoms. The summed E-state index contributed by atoms with van der Waals surface area (Å²) in [5.41, 5.74) is 2.13. The zero-order valence-corrected chi connectivity index (χ0v) is 21.6. The second-order valence-electron chi connectivity index (χ2n) is 9.72. The Morgan fingerprint density at radius 1 is 0.892 bits per heavy atom. The number of benzene rings is 2. The molecule has 3 aromatic rings. The quantitative estimate of drug-likeness (QED) is 0.461. The van der Waals surface area contributed by atoms with Crippen molar-refractivity contribution in [1.82, 2.24) is 24.8 Å². The lowest BCUT2D eigenvalue weighted by Gasteiger charge is -2.38. The normalized spacial score (nSPS) is 17.6. The Morgan fingerprint density at radius 3 is 2.30 bits per heavy atom. The number of aromatic nitrogens is 2. The lowest BCUT2D eigenvalue weighted by molar-refractivity contribution is -0.139. The average molecular weight is 506 g/mol. The molecule has 0 bridgehead atoms. The smallest absolute Gasteiger partial charge is 0.241 e. The molecule has 2 aliphatic heterocycles. The maximum Gasteiger partial charge on any atom is 0.241 e. The predicted molar refractivity (Wildman–Crippen MR) is 139 cm³/mol. The van der Waals surface area contributed by atoms with E-state index < -0.39 is 0 Å². The summed E-state index contributed by atoms with van der Waals surface area (Å²) in [6.07, 6.45) is 1.72. The molecule has 2 aromatic carbocycles. The summed E-state index contributed by atoms with van der Waals surface area (Å²) in [4.78, 5) is 24.5. The Kier molecular flexibility index (Phi) is 8.01. The molecule has 9 heteroatoms. The lowest BCUT2D eigenvalue weighted by atomic mass is 9.95. The number of carbonyl (C=O) groups is 1. The van der Waals surface area contributed by atoms with Crippen molar-refractivity contribution in [2.24, 2.45) is 5.92 Å². The summed E-state index contributed by atoms with van der Waals surface area (Å²) < 4.78 is 16.2. The number of ether oxygens (including phenoxy) is 2. The van der Waals surface area contributed by atoms with Gasteiger partial charge in [0.25, 0.3) is 0 Å².